The van der Waals surface area contributed by atoms with E-state index in [2.05, 4.69) is 17.5 Å². The highest BCUT2D eigenvalue weighted by molar-refractivity contribution is 7.09. The molecule has 1 amide bonds. The summed E-state index contributed by atoms with van der Waals surface area (Å²) in [6.07, 6.45) is 1.37. The van der Waals surface area contributed by atoms with Crippen LogP contribution in [0.4, 0.5) is 8.78 Å². The highest BCUT2D eigenvalue weighted by Gasteiger charge is 2.57. The quantitative estimate of drug-likeness (QED) is 0.792. The van der Waals surface area contributed by atoms with Gasteiger partial charge in [0.15, 0.2) is 0 Å². The Morgan fingerprint density at radius 3 is 2.46 bits per heavy atom. The summed E-state index contributed by atoms with van der Waals surface area (Å²) in [5.41, 5.74) is 2.07. The standard InChI is InChI=1S/C20H22F2N2OS/c1-14-23-17(13-26-14)19(15-5-3-2-4-6-15)7-9-24(10-8-19)18(25)11-16-12-20(16,21)22/h2-6,13,16H,7-12H2,1H3. The molecular weight excluding hydrogens is 354 g/mol. The third-order valence-corrected chi connectivity index (χ3v) is 6.56. The predicted molar refractivity (Wildman–Crippen MR) is 97.6 cm³/mol. The third-order valence-electron chi connectivity index (χ3n) is 5.78. The van der Waals surface area contributed by atoms with Crippen molar-refractivity contribution in [1.29, 1.82) is 0 Å². The lowest BCUT2D eigenvalue weighted by Crippen LogP contribution is -2.46. The molecule has 0 N–H and O–H groups in total. The van der Waals surface area contributed by atoms with Gasteiger partial charge in [-0.3, -0.25) is 4.79 Å². The van der Waals surface area contributed by atoms with Crippen LogP contribution in [-0.2, 0) is 10.2 Å². The Kier molecular flexibility index (Phi) is 4.34. The smallest absolute Gasteiger partial charge is 0.252 e. The number of alkyl halides is 2. The number of benzene rings is 1. The minimum absolute atomic E-state index is 0.0266. The number of amides is 1. The van der Waals surface area contributed by atoms with Crippen LogP contribution in [0.3, 0.4) is 0 Å². The molecule has 0 radical (unpaired) electrons. The zero-order valence-corrected chi connectivity index (χ0v) is 15.6. The molecule has 26 heavy (non-hydrogen) atoms. The number of nitrogens with zero attached hydrogens (tertiary/aromatic N) is 2. The Bertz CT molecular complexity index is 797. The zero-order valence-electron chi connectivity index (χ0n) is 14.8. The van der Waals surface area contributed by atoms with Gasteiger partial charge in [0.05, 0.1) is 10.7 Å². The number of hydrogen-bond donors (Lipinski definition) is 0. The largest absolute Gasteiger partial charge is 0.343 e. The van der Waals surface area contributed by atoms with Gasteiger partial charge in [-0.25, -0.2) is 13.8 Å². The number of carbonyl (C=O) groups excluding carboxylic acids is 1. The van der Waals surface area contributed by atoms with Crippen molar-refractivity contribution in [2.45, 2.75) is 43.9 Å². The lowest BCUT2D eigenvalue weighted by atomic mass is 9.70. The zero-order chi connectivity index (χ0) is 18.4. The molecule has 2 fully saturated rings. The Morgan fingerprint density at radius 1 is 1.27 bits per heavy atom. The number of rotatable bonds is 4. The summed E-state index contributed by atoms with van der Waals surface area (Å²) in [6, 6.07) is 10.3. The van der Waals surface area contributed by atoms with Crippen molar-refractivity contribution in [3.05, 3.63) is 52.0 Å². The molecule has 2 aliphatic rings. The fourth-order valence-electron chi connectivity index (χ4n) is 4.00. The third kappa shape index (κ3) is 3.15. The maximum Gasteiger partial charge on any atom is 0.252 e. The van der Waals surface area contributed by atoms with Gasteiger partial charge < -0.3 is 4.90 Å². The highest BCUT2D eigenvalue weighted by atomic mass is 32.1. The lowest BCUT2D eigenvalue weighted by Gasteiger charge is -2.41. The molecule has 1 atom stereocenters. The summed E-state index contributed by atoms with van der Waals surface area (Å²) in [4.78, 5) is 18.9. The molecule has 4 rings (SSSR count). The first kappa shape index (κ1) is 17.6. The fourth-order valence-corrected chi connectivity index (χ4v) is 4.71. The summed E-state index contributed by atoms with van der Waals surface area (Å²) in [5, 5.41) is 3.15. The van der Waals surface area contributed by atoms with Gasteiger partial charge in [0.25, 0.3) is 5.92 Å². The van der Waals surface area contributed by atoms with Crippen molar-refractivity contribution in [2.75, 3.05) is 13.1 Å². The number of aryl methyl sites for hydroxylation is 1. The average Bonchev–Trinajstić information content (AvgIpc) is 3.02. The molecule has 1 aliphatic carbocycles. The van der Waals surface area contributed by atoms with Crippen LogP contribution in [0.25, 0.3) is 0 Å². The second-order valence-electron chi connectivity index (χ2n) is 7.45. The van der Waals surface area contributed by atoms with Crippen molar-refractivity contribution >= 4 is 17.2 Å². The molecule has 1 saturated heterocycles. The van der Waals surface area contributed by atoms with Crippen molar-refractivity contribution in [2.24, 2.45) is 5.92 Å². The second-order valence-corrected chi connectivity index (χ2v) is 8.51. The van der Waals surface area contributed by atoms with Crippen molar-refractivity contribution in [1.82, 2.24) is 9.88 Å². The van der Waals surface area contributed by atoms with Gasteiger partial charge in [-0.1, -0.05) is 30.3 Å². The SMILES string of the molecule is Cc1nc(C2(c3ccccc3)CCN(C(=O)CC3CC3(F)F)CC2)cs1. The number of piperidine rings is 1. The maximum absolute atomic E-state index is 13.1. The van der Waals surface area contributed by atoms with Crippen molar-refractivity contribution < 1.29 is 13.6 Å². The Balaban J connectivity index is 1.52. The van der Waals surface area contributed by atoms with E-state index in [4.69, 9.17) is 4.98 Å². The Labute approximate surface area is 156 Å². The first-order valence-electron chi connectivity index (χ1n) is 9.04. The van der Waals surface area contributed by atoms with Gasteiger partial charge >= 0.3 is 0 Å². The van der Waals surface area contributed by atoms with Crippen LogP contribution in [0.2, 0.25) is 0 Å². The van der Waals surface area contributed by atoms with Crippen LogP contribution in [0.15, 0.2) is 35.7 Å². The number of aromatic nitrogens is 1. The Hall–Kier alpha value is -1.82. The molecule has 3 nitrogen and oxygen atoms in total. The number of carbonyl (C=O) groups is 1. The maximum atomic E-state index is 13.1. The predicted octanol–water partition coefficient (Wildman–Crippen LogP) is 4.41. The van der Waals surface area contributed by atoms with Crippen LogP contribution >= 0.6 is 11.3 Å². The van der Waals surface area contributed by atoms with E-state index in [1.807, 2.05) is 25.1 Å². The van der Waals surface area contributed by atoms with Gasteiger partial charge in [0.2, 0.25) is 5.91 Å². The van der Waals surface area contributed by atoms with Gasteiger partial charge in [-0.2, -0.15) is 0 Å². The van der Waals surface area contributed by atoms with E-state index in [0.29, 0.717) is 13.1 Å². The van der Waals surface area contributed by atoms with Gasteiger partial charge in [0.1, 0.15) is 0 Å². The number of thiazole rings is 1. The van der Waals surface area contributed by atoms with E-state index in [1.165, 1.54) is 5.56 Å². The van der Waals surface area contributed by atoms with E-state index in [9.17, 15) is 13.6 Å². The molecular formula is C20H22F2N2OS. The molecule has 1 saturated carbocycles. The van der Waals surface area contributed by atoms with Crippen LogP contribution in [0.5, 0.6) is 0 Å². The van der Waals surface area contributed by atoms with Gasteiger partial charge in [0, 0.05) is 42.6 Å². The van der Waals surface area contributed by atoms with E-state index in [0.717, 1.165) is 23.5 Å². The molecule has 2 aromatic rings. The number of hydrogen-bond acceptors (Lipinski definition) is 3. The topological polar surface area (TPSA) is 33.2 Å². The molecule has 138 valence electrons. The van der Waals surface area contributed by atoms with Gasteiger partial charge in [-0.15, -0.1) is 11.3 Å². The Morgan fingerprint density at radius 2 is 1.92 bits per heavy atom. The summed E-state index contributed by atoms with van der Waals surface area (Å²) < 4.78 is 26.2. The van der Waals surface area contributed by atoms with Crippen LogP contribution in [-0.4, -0.2) is 34.8 Å². The fraction of sp³-hybridized carbons (Fsp3) is 0.500. The first-order valence-corrected chi connectivity index (χ1v) is 9.92. The summed E-state index contributed by atoms with van der Waals surface area (Å²) in [7, 11) is 0. The molecule has 6 heteroatoms. The molecule has 2 heterocycles. The molecule has 1 aromatic heterocycles. The molecule has 1 unspecified atom stereocenters. The first-order chi connectivity index (χ1) is 12.4. The molecule has 1 aliphatic heterocycles. The van der Waals surface area contributed by atoms with Crippen LogP contribution < -0.4 is 0 Å². The van der Waals surface area contributed by atoms with E-state index in [1.54, 1.807) is 16.2 Å². The van der Waals surface area contributed by atoms with E-state index < -0.39 is 11.8 Å². The van der Waals surface area contributed by atoms with Gasteiger partial charge in [-0.05, 0) is 25.3 Å². The minimum atomic E-state index is -2.63. The normalized spacial score (nSPS) is 23.7. The molecule has 0 bridgehead atoms. The molecule has 0 spiro atoms. The van der Waals surface area contributed by atoms with Crippen molar-refractivity contribution in [3.63, 3.8) is 0 Å². The van der Waals surface area contributed by atoms with E-state index in [-0.39, 0.29) is 24.2 Å². The highest BCUT2D eigenvalue weighted by Crippen LogP contribution is 2.51. The summed E-state index contributed by atoms with van der Waals surface area (Å²) in [6.45, 7) is 3.17. The van der Waals surface area contributed by atoms with E-state index >= 15 is 0 Å². The summed E-state index contributed by atoms with van der Waals surface area (Å²) in [5.74, 6) is -3.52. The minimum Gasteiger partial charge on any atom is -0.343 e. The summed E-state index contributed by atoms with van der Waals surface area (Å²) >= 11 is 1.64. The number of halogens is 2. The average molecular weight is 376 g/mol. The second kappa shape index (κ2) is 6.41. The monoisotopic (exact) mass is 376 g/mol. The van der Waals surface area contributed by atoms with Crippen LogP contribution in [0.1, 0.15) is 41.9 Å². The van der Waals surface area contributed by atoms with Crippen LogP contribution in [0, 0.1) is 12.8 Å². The molecule has 1 aromatic carbocycles. The number of likely N-dealkylation sites (tertiary alicyclic amines) is 1. The van der Waals surface area contributed by atoms with Crippen molar-refractivity contribution in [3.8, 4) is 0 Å². The lowest BCUT2D eigenvalue weighted by molar-refractivity contribution is -0.133.